The molecule has 0 aliphatic rings. The zero-order valence-electron chi connectivity index (χ0n) is 3.93. The number of halogens is 1. The summed E-state index contributed by atoms with van der Waals surface area (Å²) >= 11 is 0. The molecule has 0 fully saturated rings. The normalized spacial score (nSPS) is 5.67. The van der Waals surface area contributed by atoms with Crippen LogP contribution in [0.25, 0.3) is 0 Å². The van der Waals surface area contributed by atoms with Crippen LogP contribution in [0.2, 0.25) is 0 Å². The third-order valence-electron chi connectivity index (χ3n) is 0.258. The molecule has 0 bridgehead atoms. The summed E-state index contributed by atoms with van der Waals surface area (Å²) in [5.74, 6) is 0. The molecule has 0 aromatic heterocycles. The summed E-state index contributed by atoms with van der Waals surface area (Å²) in [6.07, 6.45) is 1.25. The van der Waals surface area contributed by atoms with E-state index < -0.39 is 0 Å². The van der Waals surface area contributed by atoms with Crippen molar-refractivity contribution in [2.24, 2.45) is 0 Å². The van der Waals surface area contributed by atoms with E-state index in [9.17, 15) is 0 Å². The Morgan fingerprint density at radius 3 is 1.67 bits per heavy atom. The molecule has 0 atom stereocenters. The molecule has 0 amide bonds. The Labute approximate surface area is 44.1 Å². The average molecular weight is 109 g/mol. The first-order valence-corrected chi connectivity index (χ1v) is 1.44. The summed E-state index contributed by atoms with van der Waals surface area (Å²) in [4.78, 5) is 1.67. The molecule has 0 unspecified atom stereocenters. The Morgan fingerprint density at radius 2 is 1.67 bits per heavy atom. The molecule has 0 aromatic rings. The molecule has 0 aliphatic carbocycles. The Hall–Kier alpha value is -0.240. The lowest BCUT2D eigenvalue weighted by atomic mass is 11.0. The molecule has 38 valence electrons. The van der Waals surface area contributed by atoms with Crippen molar-refractivity contribution in [2.75, 3.05) is 14.1 Å². The molecule has 0 aliphatic heterocycles. The first kappa shape index (κ1) is 9.23. The van der Waals surface area contributed by atoms with Gasteiger partial charge in [-0.1, -0.05) is 0 Å². The highest BCUT2D eigenvalue weighted by Gasteiger charge is 1.64. The number of hydrogen-bond acceptors (Lipinski definition) is 1. The van der Waals surface area contributed by atoms with Crippen LogP contribution in [0.5, 0.6) is 0 Å². The minimum atomic E-state index is 0. The molecule has 0 saturated carbocycles. The fourth-order valence-electron chi connectivity index (χ4n) is 0. The van der Waals surface area contributed by atoms with Gasteiger partial charge < -0.3 is 4.90 Å². The molecule has 0 saturated heterocycles. The molecule has 0 aromatic carbocycles. The van der Waals surface area contributed by atoms with Gasteiger partial charge in [0.2, 0.25) is 0 Å². The summed E-state index contributed by atoms with van der Waals surface area (Å²) < 4.78 is 0. The standard InChI is InChI=1S/C3H8N2.ClH/c1-5(2)3-4;/h3-4H,1-2H3;1H. The maximum Gasteiger partial charge on any atom is 0.0812 e. The smallest absolute Gasteiger partial charge is 0.0812 e. The Balaban J connectivity index is 0. The van der Waals surface area contributed by atoms with Gasteiger partial charge in [-0.2, -0.15) is 0 Å². The summed E-state index contributed by atoms with van der Waals surface area (Å²) in [6.45, 7) is 0. The van der Waals surface area contributed by atoms with Crippen LogP contribution in [-0.4, -0.2) is 25.3 Å². The van der Waals surface area contributed by atoms with Gasteiger partial charge in [0.05, 0.1) is 6.34 Å². The zero-order valence-corrected chi connectivity index (χ0v) is 4.75. The molecule has 2 nitrogen and oxygen atoms in total. The Kier molecular flexibility index (Phi) is 7.32. The van der Waals surface area contributed by atoms with Gasteiger partial charge in [0.25, 0.3) is 0 Å². The van der Waals surface area contributed by atoms with Crippen molar-refractivity contribution in [3.63, 3.8) is 0 Å². The van der Waals surface area contributed by atoms with E-state index in [1.165, 1.54) is 6.34 Å². The van der Waals surface area contributed by atoms with E-state index >= 15 is 0 Å². The Bertz CT molecular complexity index is 35.8. The summed E-state index contributed by atoms with van der Waals surface area (Å²) in [7, 11) is 3.62. The van der Waals surface area contributed by atoms with Crippen LogP contribution < -0.4 is 0 Å². The molecular formula is C3H9ClN2. The van der Waals surface area contributed by atoms with Crippen molar-refractivity contribution in [3.8, 4) is 0 Å². The van der Waals surface area contributed by atoms with Crippen molar-refractivity contribution >= 4 is 18.7 Å². The van der Waals surface area contributed by atoms with Gasteiger partial charge >= 0.3 is 0 Å². The quantitative estimate of drug-likeness (QED) is 0.386. The summed E-state index contributed by atoms with van der Waals surface area (Å²) in [5, 5.41) is 6.46. The van der Waals surface area contributed by atoms with Gasteiger partial charge in [-0.25, -0.2) is 0 Å². The second-order valence-corrected chi connectivity index (χ2v) is 1.09. The predicted octanol–water partition coefficient (Wildman–Crippen LogP) is 0.577. The van der Waals surface area contributed by atoms with Crippen molar-refractivity contribution in [2.45, 2.75) is 0 Å². The van der Waals surface area contributed by atoms with Gasteiger partial charge in [-0.3, -0.25) is 5.41 Å². The van der Waals surface area contributed by atoms with Crippen molar-refractivity contribution in [1.29, 1.82) is 5.41 Å². The molecule has 0 rings (SSSR count). The highest BCUT2D eigenvalue weighted by molar-refractivity contribution is 5.85. The molecule has 6 heavy (non-hydrogen) atoms. The molecule has 0 spiro atoms. The van der Waals surface area contributed by atoms with Crippen LogP contribution in [0.4, 0.5) is 0 Å². The van der Waals surface area contributed by atoms with Crippen LogP contribution in [-0.2, 0) is 0 Å². The average Bonchev–Trinajstić information content (AvgIpc) is 1.38. The van der Waals surface area contributed by atoms with E-state index in [2.05, 4.69) is 0 Å². The molecular weight excluding hydrogens is 99.5 g/mol. The second kappa shape index (κ2) is 4.76. The minimum absolute atomic E-state index is 0. The third kappa shape index (κ3) is 9.25. The van der Waals surface area contributed by atoms with Crippen LogP contribution in [0, 0.1) is 5.41 Å². The fourth-order valence-corrected chi connectivity index (χ4v) is 0. The van der Waals surface area contributed by atoms with Crippen LogP contribution >= 0.6 is 12.4 Å². The topological polar surface area (TPSA) is 27.1 Å². The van der Waals surface area contributed by atoms with E-state index in [1.54, 1.807) is 4.90 Å². The van der Waals surface area contributed by atoms with Gasteiger partial charge in [0.1, 0.15) is 0 Å². The van der Waals surface area contributed by atoms with E-state index in [-0.39, 0.29) is 12.4 Å². The summed E-state index contributed by atoms with van der Waals surface area (Å²) in [5.41, 5.74) is 0. The monoisotopic (exact) mass is 108 g/mol. The first-order valence-electron chi connectivity index (χ1n) is 1.44. The van der Waals surface area contributed by atoms with Crippen LogP contribution in [0.1, 0.15) is 0 Å². The van der Waals surface area contributed by atoms with E-state index in [0.717, 1.165) is 0 Å². The molecule has 3 heteroatoms. The SMILES string of the molecule is CN(C)C=N.Cl. The second-order valence-electron chi connectivity index (χ2n) is 1.09. The number of nitrogens with zero attached hydrogens (tertiary/aromatic N) is 1. The minimum Gasteiger partial charge on any atom is -0.369 e. The third-order valence-corrected chi connectivity index (χ3v) is 0.258. The molecule has 0 radical (unpaired) electrons. The van der Waals surface area contributed by atoms with Gasteiger partial charge in [0, 0.05) is 14.1 Å². The molecule has 1 N–H and O–H groups in total. The van der Waals surface area contributed by atoms with Crippen molar-refractivity contribution < 1.29 is 0 Å². The predicted molar refractivity (Wildman–Crippen MR) is 29.7 cm³/mol. The molecule has 0 heterocycles. The largest absolute Gasteiger partial charge is 0.369 e. The fraction of sp³-hybridized carbons (Fsp3) is 0.667. The Morgan fingerprint density at radius 1 is 1.50 bits per heavy atom. The maximum atomic E-state index is 6.46. The lowest BCUT2D eigenvalue weighted by Crippen LogP contribution is -2.05. The maximum absolute atomic E-state index is 6.46. The van der Waals surface area contributed by atoms with Crippen LogP contribution in [0.3, 0.4) is 0 Å². The van der Waals surface area contributed by atoms with E-state index in [1.807, 2.05) is 14.1 Å². The number of nitrogens with one attached hydrogen (secondary N) is 1. The lowest BCUT2D eigenvalue weighted by Gasteiger charge is -1.96. The first-order chi connectivity index (χ1) is 2.27. The lowest BCUT2D eigenvalue weighted by molar-refractivity contribution is 0.639. The van der Waals surface area contributed by atoms with E-state index in [0.29, 0.717) is 0 Å². The highest BCUT2D eigenvalue weighted by atomic mass is 35.5. The van der Waals surface area contributed by atoms with Crippen molar-refractivity contribution in [1.82, 2.24) is 4.90 Å². The highest BCUT2D eigenvalue weighted by Crippen LogP contribution is 1.53. The summed E-state index contributed by atoms with van der Waals surface area (Å²) in [6, 6.07) is 0. The van der Waals surface area contributed by atoms with Crippen LogP contribution in [0.15, 0.2) is 0 Å². The van der Waals surface area contributed by atoms with E-state index in [4.69, 9.17) is 5.41 Å². The van der Waals surface area contributed by atoms with Gasteiger partial charge in [-0.15, -0.1) is 12.4 Å². The number of rotatable bonds is 1. The van der Waals surface area contributed by atoms with Gasteiger partial charge in [0.15, 0.2) is 0 Å². The van der Waals surface area contributed by atoms with Crippen molar-refractivity contribution in [3.05, 3.63) is 0 Å². The number of hydrogen-bond donors (Lipinski definition) is 1. The van der Waals surface area contributed by atoms with Gasteiger partial charge in [-0.05, 0) is 0 Å². The zero-order chi connectivity index (χ0) is 4.28.